The predicted octanol–water partition coefficient (Wildman–Crippen LogP) is 8.32. The summed E-state index contributed by atoms with van der Waals surface area (Å²) < 4.78 is 0. The van der Waals surface area contributed by atoms with Gasteiger partial charge >= 0.3 is 57.4 Å². The number of rotatable bonds is 48. The number of aliphatic hydroxyl groups is 1. The first-order chi connectivity index (χ1) is 48.0. The molecule has 0 heterocycles. The van der Waals surface area contributed by atoms with Crippen LogP contribution in [0, 0.1) is 30.3 Å². The van der Waals surface area contributed by atoms with Crippen molar-refractivity contribution in [3.63, 3.8) is 0 Å². The zero-order chi connectivity index (χ0) is 77.3. The van der Waals surface area contributed by atoms with Gasteiger partial charge in [-0.1, -0.05) is 180 Å². The van der Waals surface area contributed by atoms with Crippen LogP contribution in [0.15, 0.2) is 54.6 Å². The molecule has 0 aliphatic carbocycles. The number of carbonyl (C=O) groups is 4. The van der Waals surface area contributed by atoms with E-state index in [1.165, 1.54) is 209 Å². The molecule has 106 heavy (non-hydrogen) atoms. The maximum Gasteiger partial charge on any atom is 1.00 e. The smallest absolute Gasteiger partial charge is 1.00 e. The van der Waals surface area contributed by atoms with E-state index >= 15 is 0 Å². The summed E-state index contributed by atoms with van der Waals surface area (Å²) in [7, 11) is -2.58. The molecular formula is C79H144Br3ClKN6O13P3. The molecule has 0 bridgehead atoms. The number of nitrogens with two attached hydrogens (primary N) is 1. The molecule has 612 valence electrons. The van der Waals surface area contributed by atoms with Crippen molar-refractivity contribution in [3.05, 3.63) is 118 Å². The maximum atomic E-state index is 12.6. The summed E-state index contributed by atoms with van der Waals surface area (Å²) >= 11 is 0. The Labute approximate surface area is 724 Å². The summed E-state index contributed by atoms with van der Waals surface area (Å²) in [6.07, 6.45) is 45.7. The van der Waals surface area contributed by atoms with Crippen molar-refractivity contribution in [2.75, 3.05) is 100 Å². The van der Waals surface area contributed by atoms with E-state index in [1.807, 2.05) is 6.92 Å². The predicted molar refractivity (Wildman–Crippen MR) is 440 cm³/mol. The van der Waals surface area contributed by atoms with E-state index in [0.717, 1.165) is 31.7 Å². The van der Waals surface area contributed by atoms with Gasteiger partial charge in [0.2, 0.25) is 0 Å². The Morgan fingerprint density at radius 3 is 0.953 bits per heavy atom. The zero-order valence-corrected chi connectivity index (χ0v) is 80.0. The van der Waals surface area contributed by atoms with Crippen LogP contribution in [0.1, 0.15) is 299 Å². The number of carbonyl (C=O) groups excluding carboxylic acids is 3. The molecule has 0 saturated carbocycles. The van der Waals surface area contributed by atoms with Gasteiger partial charge in [-0.3, -0.25) is 39.9 Å². The van der Waals surface area contributed by atoms with Crippen LogP contribution in [0.4, 0.5) is 17.1 Å². The van der Waals surface area contributed by atoms with E-state index in [4.69, 9.17) is 15.6 Å². The van der Waals surface area contributed by atoms with Crippen LogP contribution in [0.2, 0.25) is 0 Å². The summed E-state index contributed by atoms with van der Waals surface area (Å²) in [6.45, 7) is 34.3. The first-order valence-corrected chi connectivity index (χ1v) is 46.2. The van der Waals surface area contributed by atoms with Gasteiger partial charge < -0.3 is 87.4 Å². The molecule has 0 aliphatic rings. The second kappa shape index (κ2) is 73.6. The zero-order valence-electron chi connectivity index (χ0n) is 68.6. The molecule has 0 aromatic heterocycles. The molecule has 1 unspecified atom stereocenters. The standard InChI is InChI=1S/C25H43N2O4P.C24H41N2O3P.C15H35NP.C9H9NO4.C4H9O.C2H4O.3BrH.ClH.K/c1-5-8-15-32(16-9-6-2,17-10-7-3)18-11-14-26-25(29)22-12-13-23(21(4)20-28)24(19-22)27(30)31;1-5-9-16-30(17-10-6-2,18-11-7-3)19-12-15-25-24(27)22-14-13-21(8-4)23(20-22)26(28)29;1-4-7-12-17(13-8-5-2,14-9-6-3)15-10-11-16;1-2-6-3-4-7(9(11)12)5-8(6)10(13)14;1-4(2,3)5;1-2-3;;;;;/h12-13,19,21,28H,5-11,14-18,20H2,1-4H3;13-14,20H,5-12,15-19H2,1-4H3;4-16H2,1-3H3;3-5H,2H2,1H3,(H,11,12);1-3H3;2H,1H3;4*1H;/q;;+1;;-1;;;;;;+1/p-1. The number of nitrogens with one attached hydrogen (secondary N) is 2. The molecule has 0 radical (unpaired) electrons. The van der Waals surface area contributed by atoms with Crippen LogP contribution in [-0.4, -0.2) is 155 Å². The van der Waals surface area contributed by atoms with Crippen LogP contribution in [0.5, 0.6) is 0 Å². The average molecular weight is 1790 g/mol. The molecule has 0 fully saturated rings. The van der Waals surface area contributed by atoms with Crippen LogP contribution < -0.4 is 124 Å². The van der Waals surface area contributed by atoms with E-state index in [-0.39, 0.29) is 162 Å². The number of aliphatic hydroxyl groups excluding tert-OH is 1. The second-order valence-electron chi connectivity index (χ2n) is 27.9. The number of nitro benzene ring substituents is 3. The third-order valence-electron chi connectivity index (χ3n) is 18.0. The number of aryl methyl sites for hydroxylation is 2. The van der Waals surface area contributed by atoms with Crippen molar-refractivity contribution >= 4 is 75.3 Å². The summed E-state index contributed by atoms with van der Waals surface area (Å²) in [5.41, 5.74) is 7.05. The first-order valence-electron chi connectivity index (χ1n) is 38.6. The quantitative estimate of drug-likeness (QED) is 0.00887. The van der Waals surface area contributed by atoms with Crippen LogP contribution in [0.25, 0.3) is 0 Å². The van der Waals surface area contributed by atoms with Crippen LogP contribution in [-0.2, 0) is 17.6 Å². The number of aldehydes is 1. The molecule has 6 N–H and O–H groups in total. The number of hydrogen-bond donors (Lipinski definition) is 5. The summed E-state index contributed by atoms with van der Waals surface area (Å²) in [4.78, 5) is 76.4. The van der Waals surface area contributed by atoms with Crippen molar-refractivity contribution in [2.45, 2.75) is 270 Å². The Morgan fingerprint density at radius 1 is 0.481 bits per heavy atom. The fourth-order valence-corrected chi connectivity index (χ4v) is 27.4. The second-order valence-corrected chi connectivity index (χ2v) is 41.3. The van der Waals surface area contributed by atoms with Gasteiger partial charge in [0, 0.05) is 93.4 Å². The minimum absolute atomic E-state index is 0. The van der Waals surface area contributed by atoms with E-state index < -0.39 is 48.1 Å². The SMILES string of the molecule is CC(C)(C)[O-].CC=O.CCCC[P+](CCCC)(CCCC)CCCN.CCCC[P+](CCCC)(CCCC)CCCNC(=O)c1ccc(C(C)CO)c([N+](=O)[O-])c1.CCCC[P+](CCCC)(CCCC)CCCNC(=O)c1ccc(CC)c([N+](=O)[O-])c1.CCc1ccc(C(=O)O)cc1[N+](=O)[O-].Cl.[Br-].[Br-].[Br-].[K+]. The fraction of sp³-hybridized carbons (Fsp3) is 0.722. The third-order valence-corrected chi connectivity index (χ3v) is 33.2. The van der Waals surface area contributed by atoms with Gasteiger partial charge in [0.15, 0.2) is 0 Å². The number of halogens is 4. The normalized spacial score (nSPS) is 10.9. The Balaban J connectivity index is -0.000000199. The molecule has 3 rings (SSSR count). The third kappa shape index (κ3) is 55.8. The molecule has 0 spiro atoms. The Kier molecular flexibility index (Phi) is 83.5. The Bertz CT molecular complexity index is 2680. The number of carboxylic acids is 1. The van der Waals surface area contributed by atoms with E-state index in [0.29, 0.717) is 53.7 Å². The Hall–Kier alpha value is -1.52. The monoisotopic (exact) mass is 1790 g/mol. The van der Waals surface area contributed by atoms with Crippen molar-refractivity contribution in [1.29, 1.82) is 0 Å². The topological polar surface area (TPSA) is 311 Å². The van der Waals surface area contributed by atoms with Crippen molar-refractivity contribution < 1.29 is 152 Å². The first kappa shape index (κ1) is 120. The Morgan fingerprint density at radius 2 is 0.717 bits per heavy atom. The van der Waals surface area contributed by atoms with Crippen molar-refractivity contribution in [2.24, 2.45) is 5.73 Å². The van der Waals surface area contributed by atoms with Gasteiger partial charge in [-0.25, -0.2) is 4.79 Å². The molecule has 27 heteroatoms. The van der Waals surface area contributed by atoms with Crippen molar-refractivity contribution in [3.8, 4) is 0 Å². The minimum atomic E-state index is -1.16. The van der Waals surface area contributed by atoms with Gasteiger partial charge in [-0.05, 0) is 122 Å². The number of unbranched alkanes of at least 4 members (excludes halogenated alkanes) is 9. The molecular weight excluding hydrogens is 1650 g/mol. The average Bonchev–Trinajstić information content (AvgIpc) is 0.829. The molecule has 2 amide bonds. The van der Waals surface area contributed by atoms with Gasteiger partial charge in [-0.15, -0.1) is 18.0 Å². The van der Waals surface area contributed by atoms with Gasteiger partial charge in [-0.2, -0.15) is 0 Å². The van der Waals surface area contributed by atoms with E-state index in [2.05, 4.69) is 72.9 Å². The minimum Gasteiger partial charge on any atom is -1.00 e. The fourth-order valence-electron chi connectivity index (χ4n) is 12.0. The molecule has 3 aromatic rings. The maximum absolute atomic E-state index is 12.6. The number of hydrogen-bond acceptors (Lipinski definition) is 13. The number of aromatic carboxylic acids is 1. The van der Waals surface area contributed by atoms with Gasteiger partial charge in [0.05, 0.1) is 94.3 Å². The summed E-state index contributed by atoms with van der Waals surface area (Å²) in [5.74, 6) is -1.98. The van der Waals surface area contributed by atoms with Crippen molar-refractivity contribution in [1.82, 2.24) is 10.6 Å². The largest absolute Gasteiger partial charge is 1.00 e. The van der Waals surface area contributed by atoms with E-state index in [1.54, 1.807) is 77.4 Å². The molecule has 0 aliphatic heterocycles. The van der Waals surface area contributed by atoms with E-state index in [9.17, 15) is 54.9 Å². The summed E-state index contributed by atoms with van der Waals surface area (Å²) in [6, 6.07) is 13.3. The van der Waals surface area contributed by atoms with Gasteiger partial charge in [0.25, 0.3) is 28.9 Å². The number of nitrogens with zero attached hydrogens (tertiary/aromatic N) is 3. The number of carboxylic acid groups (broad SMARTS) is 1. The van der Waals surface area contributed by atoms with Crippen LogP contribution in [0.3, 0.4) is 0 Å². The summed E-state index contributed by atoms with van der Waals surface area (Å²) in [5, 5.41) is 67.3. The number of amides is 2. The van der Waals surface area contributed by atoms with Gasteiger partial charge in [0.1, 0.15) is 6.29 Å². The molecule has 3 aromatic carbocycles. The number of benzene rings is 3. The molecule has 0 saturated heterocycles. The molecule has 1 atom stereocenters. The number of nitro groups is 3. The van der Waals surface area contributed by atoms with Crippen LogP contribution >= 0.6 is 34.2 Å². The molecule has 19 nitrogen and oxygen atoms in total.